The topological polar surface area (TPSA) is 192 Å². The van der Waals surface area contributed by atoms with E-state index in [-0.39, 0.29) is 61.3 Å². The van der Waals surface area contributed by atoms with Crippen molar-refractivity contribution in [2.75, 3.05) is 66.6 Å². The van der Waals surface area contributed by atoms with Gasteiger partial charge in [0.25, 0.3) is 11.8 Å². The number of nitrogens with zero attached hydrogens (tertiary/aromatic N) is 2. The summed E-state index contributed by atoms with van der Waals surface area (Å²) in [5, 5.41) is 18.2. The lowest BCUT2D eigenvalue weighted by Crippen LogP contribution is -2.49. The summed E-state index contributed by atoms with van der Waals surface area (Å²) in [6.45, 7) is 9.40. The van der Waals surface area contributed by atoms with Gasteiger partial charge in [0.1, 0.15) is 24.0 Å². The highest BCUT2D eigenvalue weighted by atomic mass is 35.5. The van der Waals surface area contributed by atoms with Crippen molar-refractivity contribution in [1.29, 1.82) is 0 Å². The summed E-state index contributed by atoms with van der Waals surface area (Å²) in [5.41, 5.74) is 2.98. The SMILES string of the molecule is CNC(=O)c1coc(CNC(=O)NC[C@H]2CN(C(C)c3ccc(Cl)c(Cl)c3)CCO2)c1.CNC(=O)c1coc(CNC(=O)NC[C@H]2CN(C(C)c3ccc(Cl)c(Cl)c3)CCO2)c1. The third-order valence-corrected chi connectivity index (χ3v) is 11.9. The van der Waals surface area contributed by atoms with Gasteiger partial charge in [0.05, 0.1) is 69.7 Å². The zero-order valence-electron chi connectivity index (χ0n) is 34.8. The molecule has 0 saturated carbocycles. The lowest BCUT2D eigenvalue weighted by Gasteiger charge is -2.37. The highest BCUT2D eigenvalue weighted by molar-refractivity contribution is 6.42. The predicted octanol–water partition coefficient (Wildman–Crippen LogP) is 6.41. The summed E-state index contributed by atoms with van der Waals surface area (Å²) < 4.78 is 22.2. The fourth-order valence-corrected chi connectivity index (χ4v) is 7.36. The molecule has 4 aromatic rings. The first-order valence-electron chi connectivity index (χ1n) is 20.0. The second-order valence-electron chi connectivity index (χ2n) is 14.6. The summed E-state index contributed by atoms with van der Waals surface area (Å²) in [4.78, 5) is 51.9. The lowest BCUT2D eigenvalue weighted by atomic mass is 10.1. The summed E-state index contributed by atoms with van der Waals surface area (Å²) in [6.07, 6.45) is 2.45. The molecule has 2 aliphatic heterocycles. The van der Waals surface area contributed by atoms with E-state index in [1.807, 2.05) is 24.3 Å². The number of amides is 6. The Morgan fingerprint density at radius 2 is 1.02 bits per heavy atom. The lowest BCUT2D eigenvalue weighted by molar-refractivity contribution is -0.0389. The highest BCUT2D eigenvalue weighted by Crippen LogP contribution is 2.30. The van der Waals surface area contributed by atoms with E-state index in [9.17, 15) is 19.2 Å². The van der Waals surface area contributed by atoms with Gasteiger partial charge in [-0.2, -0.15) is 0 Å². The molecule has 2 aromatic carbocycles. The van der Waals surface area contributed by atoms with Crippen molar-refractivity contribution in [2.24, 2.45) is 0 Å². The number of carbonyl (C=O) groups excluding carboxylic acids is 4. The molecule has 336 valence electrons. The van der Waals surface area contributed by atoms with Gasteiger partial charge in [0.15, 0.2) is 0 Å². The van der Waals surface area contributed by atoms with E-state index < -0.39 is 0 Å². The first kappa shape index (κ1) is 48.5. The van der Waals surface area contributed by atoms with Crippen LogP contribution in [0.3, 0.4) is 0 Å². The van der Waals surface area contributed by atoms with Gasteiger partial charge >= 0.3 is 12.1 Å². The minimum atomic E-state index is -0.337. The number of ether oxygens (including phenoxy) is 2. The number of halogens is 4. The monoisotopic (exact) mass is 936 g/mol. The molecule has 0 spiro atoms. The molecule has 6 N–H and O–H groups in total. The van der Waals surface area contributed by atoms with Gasteiger partial charge in [-0.05, 0) is 61.4 Å². The fourth-order valence-electron chi connectivity index (χ4n) is 6.75. The molecule has 2 saturated heterocycles. The number of nitrogens with one attached hydrogen (secondary N) is 6. The second kappa shape index (κ2) is 23.8. The predicted molar refractivity (Wildman–Crippen MR) is 237 cm³/mol. The van der Waals surface area contributed by atoms with E-state index in [2.05, 4.69) is 55.5 Å². The van der Waals surface area contributed by atoms with Crippen molar-refractivity contribution in [3.63, 3.8) is 0 Å². The van der Waals surface area contributed by atoms with E-state index in [1.54, 1.807) is 38.4 Å². The summed E-state index contributed by atoms with van der Waals surface area (Å²) in [7, 11) is 3.08. The van der Waals surface area contributed by atoms with Crippen molar-refractivity contribution in [2.45, 2.75) is 51.2 Å². The Kier molecular flexibility index (Phi) is 18.6. The smallest absolute Gasteiger partial charge is 0.315 e. The molecule has 0 aliphatic carbocycles. The molecular weight excluding hydrogens is 886 g/mol. The van der Waals surface area contributed by atoms with Crippen LogP contribution >= 0.6 is 46.4 Å². The van der Waals surface area contributed by atoms with E-state index in [0.717, 1.165) is 24.2 Å². The Morgan fingerprint density at radius 1 is 0.613 bits per heavy atom. The normalized spacial score (nSPS) is 17.7. The molecule has 2 aliphatic rings. The van der Waals surface area contributed by atoms with Gasteiger partial charge in [-0.3, -0.25) is 19.4 Å². The average Bonchev–Trinajstić information content (AvgIpc) is 3.98. The zero-order valence-corrected chi connectivity index (χ0v) is 37.8. The van der Waals surface area contributed by atoms with Crippen LogP contribution in [0.4, 0.5) is 9.59 Å². The third kappa shape index (κ3) is 14.3. The third-order valence-electron chi connectivity index (χ3n) is 10.4. The second-order valence-corrected chi connectivity index (χ2v) is 16.2. The molecule has 2 unspecified atom stereocenters. The first-order chi connectivity index (χ1) is 29.7. The van der Waals surface area contributed by atoms with Crippen molar-refractivity contribution in [3.05, 3.63) is 115 Å². The van der Waals surface area contributed by atoms with Crippen molar-refractivity contribution in [1.82, 2.24) is 41.7 Å². The van der Waals surface area contributed by atoms with E-state index >= 15 is 0 Å². The molecular formula is C42H52Cl4N8O8. The van der Waals surface area contributed by atoms with Gasteiger partial charge in [0.2, 0.25) is 0 Å². The zero-order chi connectivity index (χ0) is 44.8. The van der Waals surface area contributed by atoms with Crippen molar-refractivity contribution >= 4 is 70.3 Å². The average molecular weight is 939 g/mol. The minimum absolute atomic E-state index is 0.131. The summed E-state index contributed by atoms with van der Waals surface area (Å²) in [6, 6.07) is 14.1. The Morgan fingerprint density at radius 3 is 1.39 bits per heavy atom. The number of hydrogen-bond acceptors (Lipinski definition) is 10. The Balaban J connectivity index is 0.000000234. The van der Waals surface area contributed by atoms with Crippen LogP contribution in [0.15, 0.2) is 69.9 Å². The first-order valence-corrected chi connectivity index (χ1v) is 21.5. The van der Waals surface area contributed by atoms with E-state index in [0.29, 0.717) is 82.1 Å². The number of furan rings is 2. The maximum atomic E-state index is 12.1. The molecule has 4 heterocycles. The van der Waals surface area contributed by atoms with Gasteiger partial charge in [-0.1, -0.05) is 58.5 Å². The molecule has 20 heteroatoms. The van der Waals surface area contributed by atoms with Crippen LogP contribution < -0.4 is 31.9 Å². The van der Waals surface area contributed by atoms with Crippen LogP contribution in [0.2, 0.25) is 20.1 Å². The van der Waals surface area contributed by atoms with E-state index in [1.165, 1.54) is 12.5 Å². The maximum absolute atomic E-state index is 12.1. The number of carbonyl (C=O) groups is 4. The van der Waals surface area contributed by atoms with Gasteiger partial charge in [-0.15, -0.1) is 0 Å². The molecule has 2 fully saturated rings. The molecule has 16 nitrogen and oxygen atoms in total. The van der Waals surface area contributed by atoms with Crippen molar-refractivity contribution in [3.8, 4) is 0 Å². The standard InChI is InChI=1S/2C21H26Cl2N4O4/c2*1-13(14-3-4-18(22)19(23)8-14)27-5-6-30-17(11-27)10-26-21(29)25-9-16-7-15(12-31-16)20(28)24-2/h2*3-4,7-8,12-13,17H,5-6,9-11H2,1-2H3,(H,24,28)(H2,25,26,29)/t2*13?,17-/m00/s1. The minimum Gasteiger partial charge on any atom is -0.467 e. The summed E-state index contributed by atoms with van der Waals surface area (Å²) >= 11 is 24.3. The summed E-state index contributed by atoms with van der Waals surface area (Å²) in [5.74, 6) is 0.496. The van der Waals surface area contributed by atoms with Crippen LogP contribution in [0.25, 0.3) is 0 Å². The quantitative estimate of drug-likeness (QED) is 0.0824. The molecule has 2 aromatic heterocycles. The number of morpholine rings is 2. The number of hydrogen-bond donors (Lipinski definition) is 6. The van der Waals surface area contributed by atoms with Gasteiger partial charge in [-0.25, -0.2) is 9.59 Å². The fraction of sp³-hybridized carbons (Fsp3) is 0.429. The van der Waals surface area contributed by atoms with Crippen LogP contribution in [0.5, 0.6) is 0 Å². The Labute approximate surface area is 380 Å². The highest BCUT2D eigenvalue weighted by Gasteiger charge is 2.27. The van der Waals surface area contributed by atoms with Crippen LogP contribution in [-0.2, 0) is 22.6 Å². The molecule has 0 radical (unpaired) electrons. The van der Waals surface area contributed by atoms with Crippen LogP contribution in [0, 0.1) is 0 Å². The number of rotatable bonds is 14. The van der Waals surface area contributed by atoms with Gasteiger partial charge in [0, 0.05) is 65.4 Å². The van der Waals surface area contributed by atoms with Crippen LogP contribution in [0.1, 0.15) is 69.3 Å². The molecule has 4 atom stereocenters. The largest absolute Gasteiger partial charge is 0.467 e. The maximum Gasteiger partial charge on any atom is 0.315 e. The number of urea groups is 2. The van der Waals surface area contributed by atoms with Crippen LogP contribution in [-0.4, -0.2) is 112 Å². The molecule has 6 amide bonds. The molecule has 6 rings (SSSR count). The Hall–Kier alpha value is -4.52. The number of benzene rings is 2. The van der Waals surface area contributed by atoms with Crippen molar-refractivity contribution < 1.29 is 37.5 Å². The molecule has 0 bridgehead atoms. The Bertz CT molecular complexity index is 1990. The van der Waals surface area contributed by atoms with Gasteiger partial charge < -0.3 is 50.2 Å². The molecule has 62 heavy (non-hydrogen) atoms. The van der Waals surface area contributed by atoms with E-state index in [4.69, 9.17) is 64.7 Å².